The third kappa shape index (κ3) is 17.8. The predicted octanol–water partition coefficient (Wildman–Crippen LogP) is 3.13. The van der Waals surface area contributed by atoms with Crippen LogP contribution in [0, 0.1) is 23.7 Å². The summed E-state index contributed by atoms with van der Waals surface area (Å²) < 4.78 is 0. The highest BCUT2D eigenvalue weighted by molar-refractivity contribution is 4.45. The lowest BCUT2D eigenvalue weighted by atomic mass is 10.2. The second-order valence-corrected chi connectivity index (χ2v) is 6.82. The molecular formula is C16H36O6. The van der Waals surface area contributed by atoms with Crippen LogP contribution in [0.1, 0.15) is 55.4 Å². The average molecular weight is 324 g/mol. The monoisotopic (exact) mass is 324 g/mol. The summed E-state index contributed by atoms with van der Waals surface area (Å²) in [7, 11) is 0. The van der Waals surface area contributed by atoms with E-state index in [1.807, 2.05) is 0 Å². The van der Waals surface area contributed by atoms with Gasteiger partial charge in [-0.15, -0.1) is 0 Å². The minimum Gasteiger partial charge on any atom is -0.365 e. The Balaban J connectivity index is 0. The van der Waals surface area contributed by atoms with E-state index in [4.69, 9.17) is 20.0 Å². The van der Waals surface area contributed by atoms with E-state index in [1.54, 1.807) is 27.7 Å². The zero-order valence-electron chi connectivity index (χ0n) is 15.4. The predicted molar refractivity (Wildman–Crippen MR) is 85.4 cm³/mol. The first-order chi connectivity index (χ1) is 10.1. The molecule has 0 aliphatic rings. The van der Waals surface area contributed by atoms with Crippen LogP contribution in [-0.2, 0) is 19.6 Å². The summed E-state index contributed by atoms with van der Waals surface area (Å²) in [4.78, 5) is 18.9. The molecule has 2 atom stereocenters. The lowest BCUT2D eigenvalue weighted by Gasteiger charge is -2.18. The molecule has 0 aromatic carbocycles. The van der Waals surface area contributed by atoms with Crippen molar-refractivity contribution in [2.24, 2.45) is 23.7 Å². The van der Waals surface area contributed by atoms with Crippen LogP contribution in [0.2, 0.25) is 0 Å². The summed E-state index contributed by atoms with van der Waals surface area (Å²) >= 11 is 0. The molecule has 6 nitrogen and oxygen atoms in total. The number of rotatable bonds is 10. The molecule has 0 aliphatic carbocycles. The van der Waals surface area contributed by atoms with Crippen molar-refractivity contribution in [2.75, 3.05) is 13.2 Å². The second kappa shape index (κ2) is 14.4. The highest BCUT2D eigenvalue weighted by Gasteiger charge is 2.15. The maximum atomic E-state index is 9.10. The van der Waals surface area contributed by atoms with Crippen molar-refractivity contribution in [1.29, 1.82) is 0 Å². The number of hydrogen-bond acceptors (Lipinski definition) is 6. The first-order valence-corrected chi connectivity index (χ1v) is 8.00. The van der Waals surface area contributed by atoms with E-state index in [-0.39, 0.29) is 11.8 Å². The summed E-state index contributed by atoms with van der Waals surface area (Å²) in [5.41, 5.74) is 0. The Bertz CT molecular complexity index is 207. The van der Waals surface area contributed by atoms with Gasteiger partial charge in [0.1, 0.15) is 0 Å². The van der Waals surface area contributed by atoms with Gasteiger partial charge in [-0.05, 0) is 11.8 Å². The smallest absolute Gasteiger partial charge is 0.191 e. The van der Waals surface area contributed by atoms with Gasteiger partial charge in [-0.25, -0.2) is 19.6 Å². The minimum atomic E-state index is -0.988. The van der Waals surface area contributed by atoms with Crippen LogP contribution in [0.15, 0.2) is 0 Å². The zero-order chi connectivity index (χ0) is 17.7. The first kappa shape index (κ1) is 24.0. The van der Waals surface area contributed by atoms with Gasteiger partial charge in [-0.1, -0.05) is 55.4 Å². The molecule has 0 spiro atoms. The van der Waals surface area contributed by atoms with Gasteiger partial charge >= 0.3 is 0 Å². The van der Waals surface area contributed by atoms with E-state index in [9.17, 15) is 0 Å². The van der Waals surface area contributed by atoms with Crippen molar-refractivity contribution in [3.63, 3.8) is 0 Å². The van der Waals surface area contributed by atoms with Crippen molar-refractivity contribution in [3.05, 3.63) is 0 Å². The minimum absolute atomic E-state index is 0.0515. The summed E-state index contributed by atoms with van der Waals surface area (Å²) in [6.07, 6.45) is -1.98. The van der Waals surface area contributed by atoms with E-state index in [0.717, 1.165) is 0 Å². The molecule has 136 valence electrons. The maximum absolute atomic E-state index is 9.10. The molecular weight excluding hydrogens is 288 g/mol. The van der Waals surface area contributed by atoms with E-state index >= 15 is 0 Å². The zero-order valence-corrected chi connectivity index (χ0v) is 15.4. The normalized spacial score (nSPS) is 14.5. The van der Waals surface area contributed by atoms with Gasteiger partial charge in [0.2, 0.25) is 0 Å². The van der Waals surface area contributed by atoms with Crippen LogP contribution in [0.25, 0.3) is 0 Å². The van der Waals surface area contributed by atoms with Gasteiger partial charge in [-0.2, -0.15) is 0 Å². The highest BCUT2D eigenvalue weighted by atomic mass is 17.2. The van der Waals surface area contributed by atoms with Gasteiger partial charge in [0.05, 0.1) is 13.2 Å². The Hall–Kier alpha value is -0.240. The topological polar surface area (TPSA) is 77.4 Å². The number of aliphatic hydroxyl groups is 2. The van der Waals surface area contributed by atoms with Crippen molar-refractivity contribution in [2.45, 2.75) is 68.0 Å². The molecule has 0 aromatic heterocycles. The SMILES string of the molecule is CC(C)C(O)OOC(O)C(C)C.CC(C)COOCC(C)C. The Morgan fingerprint density at radius 1 is 0.591 bits per heavy atom. The number of hydrogen-bond donors (Lipinski definition) is 2. The number of aliphatic hydroxyl groups excluding tert-OH is 2. The summed E-state index contributed by atoms with van der Waals surface area (Å²) in [6, 6.07) is 0. The molecule has 0 rings (SSSR count). The van der Waals surface area contributed by atoms with Crippen LogP contribution < -0.4 is 0 Å². The molecule has 0 saturated heterocycles. The molecule has 0 bridgehead atoms. The largest absolute Gasteiger partial charge is 0.365 e. The van der Waals surface area contributed by atoms with Gasteiger partial charge < -0.3 is 10.2 Å². The summed E-state index contributed by atoms with van der Waals surface area (Å²) in [5.74, 6) is 0.994. The molecule has 2 unspecified atom stereocenters. The molecule has 0 amide bonds. The quantitative estimate of drug-likeness (QED) is 0.278. The lowest BCUT2D eigenvalue weighted by Crippen LogP contribution is -2.26. The lowest BCUT2D eigenvalue weighted by molar-refractivity contribution is -0.436. The molecule has 6 heteroatoms. The molecule has 0 aliphatic heterocycles. The average Bonchev–Trinajstić information content (AvgIpc) is 2.40. The molecule has 0 aromatic rings. The Kier molecular flexibility index (Phi) is 15.7. The molecule has 0 heterocycles. The third-order valence-corrected chi connectivity index (χ3v) is 2.28. The standard InChI is InChI=1S/C8H18O4.C8H18O2/c1-5(2)7(9)11-12-8(10)6(3)4;1-7(2)5-9-10-6-8(3)4/h5-10H,1-4H3;7-8H,5-6H2,1-4H3. The highest BCUT2D eigenvalue weighted by Crippen LogP contribution is 2.08. The maximum Gasteiger partial charge on any atom is 0.191 e. The van der Waals surface area contributed by atoms with E-state index < -0.39 is 12.6 Å². The van der Waals surface area contributed by atoms with Crippen LogP contribution in [0.3, 0.4) is 0 Å². The second-order valence-electron chi connectivity index (χ2n) is 6.82. The van der Waals surface area contributed by atoms with Crippen LogP contribution >= 0.6 is 0 Å². The van der Waals surface area contributed by atoms with Crippen molar-refractivity contribution < 1.29 is 29.8 Å². The fourth-order valence-corrected chi connectivity index (χ4v) is 0.704. The fraction of sp³-hybridized carbons (Fsp3) is 1.00. The van der Waals surface area contributed by atoms with Crippen LogP contribution in [-0.4, -0.2) is 36.0 Å². The van der Waals surface area contributed by atoms with Crippen LogP contribution in [0.5, 0.6) is 0 Å². The van der Waals surface area contributed by atoms with Crippen molar-refractivity contribution in [1.82, 2.24) is 0 Å². The van der Waals surface area contributed by atoms with E-state index in [2.05, 4.69) is 37.5 Å². The van der Waals surface area contributed by atoms with Crippen molar-refractivity contribution in [3.8, 4) is 0 Å². The van der Waals surface area contributed by atoms with Crippen LogP contribution in [0.4, 0.5) is 0 Å². The van der Waals surface area contributed by atoms with Gasteiger partial charge in [0.15, 0.2) is 12.6 Å². The van der Waals surface area contributed by atoms with Gasteiger partial charge in [0.25, 0.3) is 0 Å². The molecule has 2 N–H and O–H groups in total. The van der Waals surface area contributed by atoms with Crippen molar-refractivity contribution >= 4 is 0 Å². The fourth-order valence-electron chi connectivity index (χ4n) is 0.704. The third-order valence-electron chi connectivity index (χ3n) is 2.28. The summed E-state index contributed by atoms with van der Waals surface area (Å²) in [5, 5.41) is 18.2. The van der Waals surface area contributed by atoms with E-state index in [0.29, 0.717) is 25.0 Å². The summed E-state index contributed by atoms with van der Waals surface area (Å²) in [6.45, 7) is 16.9. The molecule has 22 heavy (non-hydrogen) atoms. The Labute approximate surface area is 135 Å². The van der Waals surface area contributed by atoms with Gasteiger partial charge in [-0.3, -0.25) is 0 Å². The Morgan fingerprint density at radius 3 is 1.05 bits per heavy atom. The molecule has 0 saturated carbocycles. The molecule has 0 radical (unpaired) electrons. The Morgan fingerprint density at radius 2 is 0.864 bits per heavy atom. The molecule has 0 fully saturated rings. The first-order valence-electron chi connectivity index (χ1n) is 8.00. The van der Waals surface area contributed by atoms with E-state index in [1.165, 1.54) is 0 Å². The van der Waals surface area contributed by atoms with Gasteiger partial charge in [0, 0.05) is 11.8 Å².